The van der Waals surface area contributed by atoms with Gasteiger partial charge < -0.3 is 0 Å². The quantitative estimate of drug-likeness (QED) is 0.780. The smallest absolute Gasteiger partial charge is 0.0929 e. The Labute approximate surface area is 94.8 Å². The molecule has 1 atom stereocenters. The number of thiol groups is 1. The molecule has 2 aromatic rings. The third kappa shape index (κ3) is 2.18. The Morgan fingerprint density at radius 3 is 2.53 bits per heavy atom. The van der Waals surface area contributed by atoms with Crippen LogP contribution in [-0.2, 0) is 0 Å². The maximum absolute atomic E-state index is 4.44. The Kier molecular flexibility index (Phi) is 3.02. The molecule has 1 unspecified atom stereocenters. The highest BCUT2D eigenvalue weighted by Gasteiger charge is 2.09. The standard InChI is InChI=1S/C12H12N2S/c1-9(15)10-5-4-8-14-12(10)11-6-2-3-7-13-11/h2-9,15H,1H3. The zero-order valence-corrected chi connectivity index (χ0v) is 9.35. The molecule has 0 aromatic carbocycles. The topological polar surface area (TPSA) is 25.8 Å². The zero-order chi connectivity index (χ0) is 10.7. The molecule has 0 N–H and O–H groups in total. The van der Waals surface area contributed by atoms with E-state index >= 15 is 0 Å². The molecule has 0 aliphatic heterocycles. The summed E-state index contributed by atoms with van der Waals surface area (Å²) in [6.45, 7) is 2.03. The number of pyridine rings is 2. The SMILES string of the molecule is CC(S)c1cccnc1-c1ccccn1. The highest BCUT2D eigenvalue weighted by molar-refractivity contribution is 7.80. The van der Waals surface area contributed by atoms with Gasteiger partial charge in [-0.3, -0.25) is 9.97 Å². The van der Waals surface area contributed by atoms with Gasteiger partial charge in [-0.05, 0) is 30.7 Å². The summed E-state index contributed by atoms with van der Waals surface area (Å²) in [5.41, 5.74) is 2.93. The predicted molar refractivity (Wildman–Crippen MR) is 64.9 cm³/mol. The van der Waals surface area contributed by atoms with Gasteiger partial charge in [0.2, 0.25) is 0 Å². The van der Waals surface area contributed by atoms with Gasteiger partial charge in [0.05, 0.1) is 11.4 Å². The maximum atomic E-state index is 4.44. The third-order valence-electron chi connectivity index (χ3n) is 2.20. The van der Waals surface area contributed by atoms with Crippen LogP contribution in [-0.4, -0.2) is 9.97 Å². The number of nitrogens with zero attached hydrogens (tertiary/aromatic N) is 2. The molecule has 76 valence electrons. The lowest BCUT2D eigenvalue weighted by molar-refractivity contribution is 1.08. The summed E-state index contributed by atoms with van der Waals surface area (Å²) in [5.74, 6) is 0. The van der Waals surface area contributed by atoms with Crippen molar-refractivity contribution in [2.45, 2.75) is 12.2 Å². The van der Waals surface area contributed by atoms with Crippen molar-refractivity contribution in [1.82, 2.24) is 9.97 Å². The van der Waals surface area contributed by atoms with Gasteiger partial charge in [-0.1, -0.05) is 12.1 Å². The van der Waals surface area contributed by atoms with Crippen molar-refractivity contribution in [3.05, 3.63) is 48.3 Å². The van der Waals surface area contributed by atoms with Crippen LogP contribution in [0.3, 0.4) is 0 Å². The number of aromatic nitrogens is 2. The van der Waals surface area contributed by atoms with E-state index in [0.29, 0.717) is 0 Å². The molecule has 0 aliphatic rings. The number of hydrogen-bond acceptors (Lipinski definition) is 3. The van der Waals surface area contributed by atoms with Gasteiger partial charge in [0.1, 0.15) is 0 Å². The molecule has 0 aliphatic carbocycles. The Bertz CT molecular complexity index is 440. The van der Waals surface area contributed by atoms with Crippen LogP contribution in [0.2, 0.25) is 0 Å². The van der Waals surface area contributed by atoms with E-state index in [-0.39, 0.29) is 5.25 Å². The lowest BCUT2D eigenvalue weighted by Crippen LogP contribution is -1.94. The molecule has 2 rings (SSSR count). The molecule has 0 amide bonds. The molecule has 2 aromatic heterocycles. The second-order valence-electron chi connectivity index (χ2n) is 3.33. The van der Waals surface area contributed by atoms with E-state index in [9.17, 15) is 0 Å². The first-order valence-corrected chi connectivity index (χ1v) is 5.35. The summed E-state index contributed by atoms with van der Waals surface area (Å²) in [6.07, 6.45) is 3.56. The van der Waals surface area contributed by atoms with Gasteiger partial charge >= 0.3 is 0 Å². The summed E-state index contributed by atoms with van der Waals surface area (Å²) in [6, 6.07) is 9.78. The summed E-state index contributed by atoms with van der Waals surface area (Å²) >= 11 is 4.44. The molecule has 0 fully saturated rings. The minimum atomic E-state index is 0.163. The van der Waals surface area contributed by atoms with Gasteiger partial charge in [0, 0.05) is 17.6 Å². The summed E-state index contributed by atoms with van der Waals surface area (Å²) in [7, 11) is 0. The van der Waals surface area contributed by atoms with E-state index in [4.69, 9.17) is 0 Å². The van der Waals surface area contributed by atoms with Crippen LogP contribution in [0.15, 0.2) is 42.7 Å². The number of rotatable bonds is 2. The fraction of sp³-hybridized carbons (Fsp3) is 0.167. The minimum absolute atomic E-state index is 0.163. The van der Waals surface area contributed by atoms with E-state index in [1.807, 2.05) is 37.3 Å². The number of hydrogen-bond donors (Lipinski definition) is 1. The summed E-state index contributed by atoms with van der Waals surface area (Å²) in [4.78, 5) is 8.65. The first-order valence-electron chi connectivity index (χ1n) is 4.83. The lowest BCUT2D eigenvalue weighted by atomic mass is 10.1. The Balaban J connectivity index is 2.53. The molecule has 15 heavy (non-hydrogen) atoms. The van der Waals surface area contributed by atoms with Gasteiger partial charge in [-0.25, -0.2) is 0 Å². The van der Waals surface area contributed by atoms with E-state index in [1.54, 1.807) is 12.4 Å². The second kappa shape index (κ2) is 4.45. The highest BCUT2D eigenvalue weighted by atomic mass is 32.1. The van der Waals surface area contributed by atoms with Crippen molar-refractivity contribution in [3.63, 3.8) is 0 Å². The predicted octanol–water partition coefficient (Wildman–Crippen LogP) is 3.13. The molecule has 0 saturated heterocycles. The van der Waals surface area contributed by atoms with Crippen LogP contribution in [0.25, 0.3) is 11.4 Å². The molecule has 2 heterocycles. The molecule has 0 bridgehead atoms. The first-order chi connectivity index (χ1) is 7.29. The van der Waals surface area contributed by atoms with Crippen molar-refractivity contribution in [1.29, 1.82) is 0 Å². The highest BCUT2D eigenvalue weighted by Crippen LogP contribution is 2.27. The average Bonchev–Trinajstić information content (AvgIpc) is 2.30. The second-order valence-corrected chi connectivity index (χ2v) is 4.11. The van der Waals surface area contributed by atoms with Gasteiger partial charge in [0.25, 0.3) is 0 Å². The third-order valence-corrected chi connectivity index (χ3v) is 2.47. The van der Waals surface area contributed by atoms with Crippen LogP contribution < -0.4 is 0 Å². The van der Waals surface area contributed by atoms with Crippen molar-refractivity contribution < 1.29 is 0 Å². The van der Waals surface area contributed by atoms with Crippen molar-refractivity contribution in [2.75, 3.05) is 0 Å². The van der Waals surface area contributed by atoms with Gasteiger partial charge in [-0.15, -0.1) is 0 Å². The van der Waals surface area contributed by atoms with Crippen LogP contribution in [0, 0.1) is 0 Å². The zero-order valence-electron chi connectivity index (χ0n) is 8.46. The largest absolute Gasteiger partial charge is 0.255 e. The average molecular weight is 216 g/mol. The first kappa shape index (κ1) is 10.2. The van der Waals surface area contributed by atoms with Crippen molar-refractivity contribution >= 4 is 12.6 Å². The summed E-state index contributed by atoms with van der Waals surface area (Å²) in [5, 5.41) is 0.163. The fourth-order valence-electron chi connectivity index (χ4n) is 1.47. The Morgan fingerprint density at radius 1 is 1.07 bits per heavy atom. The van der Waals surface area contributed by atoms with E-state index in [0.717, 1.165) is 17.0 Å². The molecule has 3 heteroatoms. The van der Waals surface area contributed by atoms with Crippen LogP contribution in [0.4, 0.5) is 0 Å². The molecule has 0 radical (unpaired) electrons. The van der Waals surface area contributed by atoms with E-state index in [2.05, 4.69) is 22.6 Å². The monoisotopic (exact) mass is 216 g/mol. The summed E-state index contributed by atoms with van der Waals surface area (Å²) < 4.78 is 0. The minimum Gasteiger partial charge on any atom is -0.255 e. The Hall–Kier alpha value is -1.35. The molecular formula is C12H12N2S. The normalized spacial score (nSPS) is 12.4. The van der Waals surface area contributed by atoms with E-state index in [1.165, 1.54) is 0 Å². The molecule has 2 nitrogen and oxygen atoms in total. The van der Waals surface area contributed by atoms with Gasteiger partial charge in [-0.2, -0.15) is 12.6 Å². The van der Waals surface area contributed by atoms with Crippen molar-refractivity contribution in [2.24, 2.45) is 0 Å². The van der Waals surface area contributed by atoms with Crippen molar-refractivity contribution in [3.8, 4) is 11.4 Å². The lowest BCUT2D eigenvalue weighted by Gasteiger charge is -2.09. The van der Waals surface area contributed by atoms with E-state index < -0.39 is 0 Å². The Morgan fingerprint density at radius 2 is 1.87 bits per heavy atom. The molecule has 0 saturated carbocycles. The van der Waals surface area contributed by atoms with Crippen LogP contribution in [0.1, 0.15) is 17.7 Å². The molecular weight excluding hydrogens is 204 g/mol. The van der Waals surface area contributed by atoms with Crippen LogP contribution in [0.5, 0.6) is 0 Å². The van der Waals surface area contributed by atoms with Gasteiger partial charge in [0.15, 0.2) is 0 Å². The molecule has 0 spiro atoms. The fourth-order valence-corrected chi connectivity index (χ4v) is 1.68. The maximum Gasteiger partial charge on any atom is 0.0929 e. The van der Waals surface area contributed by atoms with Crippen LogP contribution >= 0.6 is 12.6 Å².